The summed E-state index contributed by atoms with van der Waals surface area (Å²) in [6, 6.07) is 4.00. The number of aliphatic carboxylic acids is 1. The second-order valence-corrected chi connectivity index (χ2v) is 3.73. The third kappa shape index (κ3) is 5.71. The number of halogens is 1. The first-order valence-electron chi connectivity index (χ1n) is 5.42. The number of aromatic nitrogens is 1. The Bertz CT molecular complexity index is 311. The van der Waals surface area contributed by atoms with Crippen molar-refractivity contribution in [2.45, 2.75) is 39.2 Å². The number of carbonyl (C=O) groups is 1. The highest BCUT2D eigenvalue weighted by Crippen LogP contribution is 2.04. The van der Waals surface area contributed by atoms with Crippen LogP contribution >= 0.6 is 0 Å². The summed E-state index contributed by atoms with van der Waals surface area (Å²) in [6.45, 7) is 2.22. The molecule has 0 aliphatic heterocycles. The third-order valence-electron chi connectivity index (χ3n) is 2.35. The lowest BCUT2D eigenvalue weighted by Crippen LogP contribution is -3.00. The fraction of sp³-hybridized carbons (Fsp3) is 0.500. The molecule has 3 nitrogen and oxygen atoms in total. The van der Waals surface area contributed by atoms with Crippen LogP contribution in [0, 0.1) is 0 Å². The number of carboxylic acids is 1. The number of pyridine rings is 1. The molecular weight excluding hydrogens is 226 g/mol. The van der Waals surface area contributed by atoms with Gasteiger partial charge in [-0.1, -0.05) is 19.8 Å². The smallest absolute Gasteiger partial charge is 0.370 e. The highest BCUT2D eigenvalue weighted by molar-refractivity contribution is 5.64. The zero-order valence-electron chi connectivity index (χ0n) is 9.53. The van der Waals surface area contributed by atoms with Crippen LogP contribution in [0.3, 0.4) is 0 Å². The summed E-state index contributed by atoms with van der Waals surface area (Å²) in [5, 5.41) is 8.59. The molecule has 1 aromatic heterocycles. The van der Waals surface area contributed by atoms with Crippen LogP contribution in [0.15, 0.2) is 24.5 Å². The number of nitrogens with zero attached hydrogens (tertiary/aromatic N) is 1. The summed E-state index contributed by atoms with van der Waals surface area (Å²) < 4.78 is 1.67. The summed E-state index contributed by atoms with van der Waals surface area (Å²) in [7, 11) is 0. The first kappa shape index (κ1) is 14.9. The molecule has 0 fully saturated rings. The maximum atomic E-state index is 10.4. The monoisotopic (exact) mass is 243 g/mol. The molecule has 1 aromatic rings. The van der Waals surface area contributed by atoms with Crippen molar-refractivity contribution in [3.8, 4) is 0 Å². The van der Waals surface area contributed by atoms with Crippen LogP contribution in [0.25, 0.3) is 0 Å². The van der Waals surface area contributed by atoms with Crippen molar-refractivity contribution in [1.82, 2.24) is 0 Å². The molecular formula is C12H18ClNO2. The van der Waals surface area contributed by atoms with Gasteiger partial charge in [-0.25, -0.2) is 4.79 Å². The zero-order chi connectivity index (χ0) is 11.1. The van der Waals surface area contributed by atoms with E-state index in [1.165, 1.54) is 24.8 Å². The molecule has 0 spiro atoms. The van der Waals surface area contributed by atoms with Crippen molar-refractivity contribution >= 4 is 5.97 Å². The average molecular weight is 244 g/mol. The Morgan fingerprint density at radius 1 is 1.31 bits per heavy atom. The van der Waals surface area contributed by atoms with Gasteiger partial charge < -0.3 is 17.5 Å². The van der Waals surface area contributed by atoms with E-state index in [4.69, 9.17) is 5.11 Å². The van der Waals surface area contributed by atoms with E-state index in [1.807, 2.05) is 24.5 Å². The summed E-state index contributed by atoms with van der Waals surface area (Å²) in [6.07, 6.45) is 8.43. The van der Waals surface area contributed by atoms with Gasteiger partial charge in [0.1, 0.15) is 0 Å². The number of aryl methyl sites for hydroxylation is 1. The van der Waals surface area contributed by atoms with Gasteiger partial charge in [-0.05, 0) is 18.4 Å². The Kier molecular flexibility index (Phi) is 7.56. The highest BCUT2D eigenvalue weighted by Gasteiger charge is 2.05. The lowest BCUT2D eigenvalue weighted by Gasteiger charge is -1.99. The molecule has 0 aromatic carbocycles. The van der Waals surface area contributed by atoms with E-state index in [-0.39, 0.29) is 19.0 Å². The first-order valence-corrected chi connectivity index (χ1v) is 5.42. The van der Waals surface area contributed by atoms with Crippen LogP contribution in [0.4, 0.5) is 0 Å². The lowest BCUT2D eigenvalue weighted by atomic mass is 10.1. The molecule has 0 radical (unpaired) electrons. The number of hydrogen-bond acceptors (Lipinski definition) is 1. The van der Waals surface area contributed by atoms with Crippen molar-refractivity contribution in [1.29, 1.82) is 0 Å². The molecule has 1 heterocycles. The van der Waals surface area contributed by atoms with Crippen LogP contribution < -0.4 is 17.0 Å². The Morgan fingerprint density at radius 3 is 2.44 bits per heavy atom. The zero-order valence-corrected chi connectivity index (χ0v) is 10.3. The maximum Gasteiger partial charge on any atom is 0.370 e. The van der Waals surface area contributed by atoms with Crippen molar-refractivity contribution in [2.24, 2.45) is 0 Å². The van der Waals surface area contributed by atoms with E-state index in [2.05, 4.69) is 6.92 Å². The fourth-order valence-corrected chi connectivity index (χ4v) is 1.50. The molecule has 0 bridgehead atoms. The predicted octanol–water partition coefficient (Wildman–Crippen LogP) is -1.20. The molecule has 0 saturated carbocycles. The molecule has 4 heteroatoms. The minimum Gasteiger partial charge on any atom is -1.00 e. The normalized spacial score (nSPS) is 9.56. The molecule has 0 saturated heterocycles. The summed E-state index contributed by atoms with van der Waals surface area (Å²) >= 11 is 0. The van der Waals surface area contributed by atoms with Gasteiger partial charge in [0, 0.05) is 12.1 Å². The van der Waals surface area contributed by atoms with E-state index < -0.39 is 5.97 Å². The van der Waals surface area contributed by atoms with Gasteiger partial charge in [0.05, 0.1) is 0 Å². The predicted molar refractivity (Wildman–Crippen MR) is 57.5 cm³/mol. The van der Waals surface area contributed by atoms with Gasteiger partial charge in [-0.15, -0.1) is 0 Å². The number of rotatable bonds is 6. The van der Waals surface area contributed by atoms with E-state index in [0.29, 0.717) is 0 Å². The molecule has 0 amide bonds. The minimum absolute atomic E-state index is 0. The molecule has 0 unspecified atom stereocenters. The van der Waals surface area contributed by atoms with Crippen LogP contribution in [0.2, 0.25) is 0 Å². The standard InChI is InChI=1S/C12H17NO2.ClH/c1-2-3-4-5-11-6-8-13(9-7-11)10-12(14)15;/h6-9H,2-5,10H2,1H3;1H. The summed E-state index contributed by atoms with van der Waals surface area (Å²) in [5.41, 5.74) is 1.28. The van der Waals surface area contributed by atoms with Crippen molar-refractivity contribution in [3.05, 3.63) is 30.1 Å². The van der Waals surface area contributed by atoms with Crippen molar-refractivity contribution < 1.29 is 26.9 Å². The topological polar surface area (TPSA) is 41.2 Å². The minimum atomic E-state index is -0.807. The number of carboxylic acid groups (broad SMARTS) is 1. The second kappa shape index (κ2) is 8.11. The Balaban J connectivity index is 0.00000225. The number of hydrogen-bond donors (Lipinski definition) is 1. The largest absolute Gasteiger partial charge is 1.00 e. The Hall–Kier alpha value is -1.09. The van der Waals surface area contributed by atoms with Crippen LogP contribution in [0.5, 0.6) is 0 Å². The van der Waals surface area contributed by atoms with Gasteiger partial charge in [-0.2, -0.15) is 4.57 Å². The first-order chi connectivity index (χ1) is 7.22. The van der Waals surface area contributed by atoms with Gasteiger partial charge in [0.15, 0.2) is 12.4 Å². The fourth-order valence-electron chi connectivity index (χ4n) is 1.50. The van der Waals surface area contributed by atoms with Gasteiger partial charge in [0.25, 0.3) is 0 Å². The third-order valence-corrected chi connectivity index (χ3v) is 2.35. The van der Waals surface area contributed by atoms with Gasteiger partial charge in [-0.3, -0.25) is 0 Å². The van der Waals surface area contributed by atoms with Crippen LogP contribution in [0.1, 0.15) is 31.7 Å². The second-order valence-electron chi connectivity index (χ2n) is 3.73. The molecule has 0 aliphatic rings. The van der Waals surface area contributed by atoms with E-state index in [9.17, 15) is 4.79 Å². The average Bonchev–Trinajstić information content (AvgIpc) is 2.20. The molecule has 16 heavy (non-hydrogen) atoms. The Labute approximate surface area is 103 Å². The van der Waals surface area contributed by atoms with E-state index in [1.54, 1.807) is 4.57 Å². The van der Waals surface area contributed by atoms with E-state index >= 15 is 0 Å². The SMILES string of the molecule is CCCCCc1cc[n+](CC(=O)O)cc1.[Cl-]. The van der Waals surface area contributed by atoms with Crippen LogP contribution in [-0.4, -0.2) is 11.1 Å². The molecule has 1 N–H and O–H groups in total. The Morgan fingerprint density at radius 2 is 1.94 bits per heavy atom. The van der Waals surface area contributed by atoms with Crippen LogP contribution in [-0.2, 0) is 17.8 Å². The van der Waals surface area contributed by atoms with Crippen molar-refractivity contribution in [3.63, 3.8) is 0 Å². The van der Waals surface area contributed by atoms with Crippen molar-refractivity contribution in [2.75, 3.05) is 0 Å². The quantitative estimate of drug-likeness (QED) is 0.504. The summed E-state index contributed by atoms with van der Waals surface area (Å²) in [5.74, 6) is -0.807. The molecule has 90 valence electrons. The maximum absolute atomic E-state index is 10.4. The molecule has 0 aliphatic carbocycles. The van der Waals surface area contributed by atoms with E-state index in [0.717, 1.165) is 6.42 Å². The lowest BCUT2D eigenvalue weighted by molar-refractivity contribution is -0.685. The highest BCUT2D eigenvalue weighted by atomic mass is 35.5. The van der Waals surface area contributed by atoms with Gasteiger partial charge in [0.2, 0.25) is 6.54 Å². The molecule has 0 atom stereocenters. The number of unbranched alkanes of at least 4 members (excludes halogenated alkanes) is 2. The van der Waals surface area contributed by atoms with Gasteiger partial charge >= 0.3 is 5.97 Å². The summed E-state index contributed by atoms with van der Waals surface area (Å²) in [4.78, 5) is 10.4. The molecule has 1 rings (SSSR count).